The maximum atomic E-state index is 11.9. The number of hydrogen-bond donors (Lipinski definition) is 3. The predicted octanol–water partition coefficient (Wildman–Crippen LogP) is -0.181. The highest BCUT2D eigenvalue weighted by Gasteiger charge is 2.10. The zero-order valence-electron chi connectivity index (χ0n) is 11.5. The summed E-state index contributed by atoms with van der Waals surface area (Å²) in [7, 11) is 0. The largest absolute Gasteiger partial charge is 0.379 e. The van der Waals surface area contributed by atoms with Gasteiger partial charge in [0.25, 0.3) is 5.91 Å². The maximum absolute atomic E-state index is 11.9. The molecule has 0 spiro atoms. The number of amides is 1. The summed E-state index contributed by atoms with van der Waals surface area (Å²) in [6.45, 7) is 5.20. The number of anilines is 1. The Morgan fingerprint density at radius 2 is 2.25 bits per heavy atom. The summed E-state index contributed by atoms with van der Waals surface area (Å²) < 4.78 is 5.29. The summed E-state index contributed by atoms with van der Waals surface area (Å²) in [4.78, 5) is 18.2. The third kappa shape index (κ3) is 4.44. The Morgan fingerprint density at radius 1 is 1.45 bits per heavy atom. The van der Waals surface area contributed by atoms with Crippen LogP contribution in [0.2, 0.25) is 0 Å². The summed E-state index contributed by atoms with van der Waals surface area (Å²) in [5, 5.41) is 2.90. The van der Waals surface area contributed by atoms with Crippen molar-refractivity contribution < 1.29 is 9.53 Å². The summed E-state index contributed by atoms with van der Waals surface area (Å²) in [5.41, 5.74) is 2.98. The molecule has 7 heteroatoms. The lowest BCUT2D eigenvalue weighted by Gasteiger charge is -2.26. The third-order valence-corrected chi connectivity index (χ3v) is 3.21. The van der Waals surface area contributed by atoms with Crippen molar-refractivity contribution in [3.05, 3.63) is 23.9 Å². The van der Waals surface area contributed by atoms with Crippen LogP contribution in [-0.4, -0.2) is 55.2 Å². The molecule has 2 rings (SSSR count). The number of nitrogens with zero attached hydrogens (tertiary/aromatic N) is 2. The van der Waals surface area contributed by atoms with E-state index < -0.39 is 0 Å². The number of carbonyl (C=O) groups is 1. The Hall–Kier alpha value is -1.70. The van der Waals surface area contributed by atoms with Crippen molar-refractivity contribution in [1.82, 2.24) is 15.2 Å². The van der Waals surface area contributed by atoms with Crippen LogP contribution in [0, 0.1) is 0 Å². The summed E-state index contributed by atoms with van der Waals surface area (Å²) in [6, 6.07) is 3.29. The van der Waals surface area contributed by atoms with Gasteiger partial charge in [0, 0.05) is 31.4 Å². The van der Waals surface area contributed by atoms with Gasteiger partial charge in [0.05, 0.1) is 13.2 Å². The predicted molar refractivity (Wildman–Crippen MR) is 76.3 cm³/mol. The second-order valence-electron chi connectivity index (χ2n) is 4.64. The minimum Gasteiger partial charge on any atom is -0.379 e. The monoisotopic (exact) mass is 279 g/mol. The highest BCUT2D eigenvalue weighted by atomic mass is 16.5. The van der Waals surface area contributed by atoms with Gasteiger partial charge in [-0.25, -0.2) is 10.8 Å². The van der Waals surface area contributed by atoms with Crippen molar-refractivity contribution in [2.75, 3.05) is 44.8 Å². The van der Waals surface area contributed by atoms with Gasteiger partial charge in [-0.15, -0.1) is 0 Å². The molecule has 1 aliphatic heterocycles. The summed E-state index contributed by atoms with van der Waals surface area (Å²) >= 11 is 0. The number of nitrogens with two attached hydrogens (primary N) is 1. The number of rotatable bonds is 6. The number of hydrogen-bond acceptors (Lipinski definition) is 6. The van der Waals surface area contributed by atoms with Crippen LogP contribution >= 0.6 is 0 Å². The first-order valence-corrected chi connectivity index (χ1v) is 6.80. The molecule has 1 saturated heterocycles. The second kappa shape index (κ2) is 7.78. The fourth-order valence-corrected chi connectivity index (χ4v) is 2.08. The second-order valence-corrected chi connectivity index (χ2v) is 4.64. The van der Waals surface area contributed by atoms with Crippen LogP contribution in [-0.2, 0) is 4.74 Å². The highest BCUT2D eigenvalue weighted by Crippen LogP contribution is 2.05. The van der Waals surface area contributed by atoms with Gasteiger partial charge >= 0.3 is 0 Å². The van der Waals surface area contributed by atoms with Crippen molar-refractivity contribution >= 4 is 11.7 Å². The lowest BCUT2D eigenvalue weighted by Crippen LogP contribution is -2.38. The molecule has 0 aliphatic carbocycles. The van der Waals surface area contributed by atoms with E-state index in [0.717, 1.165) is 39.3 Å². The molecule has 0 saturated carbocycles. The number of aromatic nitrogens is 1. The van der Waals surface area contributed by atoms with Crippen molar-refractivity contribution in [3.8, 4) is 0 Å². The van der Waals surface area contributed by atoms with E-state index in [-0.39, 0.29) is 5.91 Å². The zero-order valence-corrected chi connectivity index (χ0v) is 11.5. The van der Waals surface area contributed by atoms with Gasteiger partial charge in [0.15, 0.2) is 0 Å². The van der Waals surface area contributed by atoms with Gasteiger partial charge in [-0.2, -0.15) is 0 Å². The molecule has 110 valence electrons. The fourth-order valence-electron chi connectivity index (χ4n) is 2.08. The average molecular weight is 279 g/mol. The van der Waals surface area contributed by atoms with E-state index in [0.29, 0.717) is 17.9 Å². The molecule has 0 radical (unpaired) electrons. The number of pyridine rings is 1. The molecule has 20 heavy (non-hydrogen) atoms. The Morgan fingerprint density at radius 3 is 3.00 bits per heavy atom. The van der Waals surface area contributed by atoms with Gasteiger partial charge in [-0.05, 0) is 25.1 Å². The molecule has 2 heterocycles. The first-order valence-electron chi connectivity index (χ1n) is 6.80. The highest BCUT2D eigenvalue weighted by molar-refractivity contribution is 5.94. The van der Waals surface area contributed by atoms with Crippen LogP contribution in [0.4, 0.5) is 5.82 Å². The zero-order chi connectivity index (χ0) is 14.2. The van der Waals surface area contributed by atoms with Crippen LogP contribution in [0.25, 0.3) is 0 Å². The molecule has 1 fully saturated rings. The molecule has 0 unspecified atom stereocenters. The van der Waals surface area contributed by atoms with Crippen molar-refractivity contribution in [1.29, 1.82) is 0 Å². The van der Waals surface area contributed by atoms with Gasteiger partial charge in [0.1, 0.15) is 5.82 Å². The van der Waals surface area contributed by atoms with Gasteiger partial charge in [-0.3, -0.25) is 9.69 Å². The maximum Gasteiger partial charge on any atom is 0.251 e. The molecular formula is C13H21N5O2. The lowest BCUT2D eigenvalue weighted by atomic mass is 10.2. The van der Waals surface area contributed by atoms with Gasteiger partial charge in [0.2, 0.25) is 0 Å². The molecule has 1 aliphatic rings. The number of hydrazine groups is 1. The van der Waals surface area contributed by atoms with E-state index in [9.17, 15) is 4.79 Å². The molecule has 1 amide bonds. The fraction of sp³-hybridized carbons (Fsp3) is 0.538. The van der Waals surface area contributed by atoms with Crippen molar-refractivity contribution in [3.63, 3.8) is 0 Å². The van der Waals surface area contributed by atoms with E-state index in [2.05, 4.69) is 20.6 Å². The van der Waals surface area contributed by atoms with Crippen LogP contribution in [0.1, 0.15) is 16.8 Å². The van der Waals surface area contributed by atoms with Gasteiger partial charge in [-0.1, -0.05) is 0 Å². The van der Waals surface area contributed by atoms with E-state index in [1.807, 2.05) is 0 Å². The normalized spacial score (nSPS) is 15.8. The molecule has 1 aromatic heterocycles. The molecular weight excluding hydrogens is 258 g/mol. The summed E-state index contributed by atoms with van der Waals surface area (Å²) in [5.74, 6) is 5.64. The van der Waals surface area contributed by atoms with Crippen LogP contribution in [0.3, 0.4) is 0 Å². The number of morpholine rings is 1. The van der Waals surface area contributed by atoms with Crippen LogP contribution in [0.15, 0.2) is 18.3 Å². The lowest BCUT2D eigenvalue weighted by molar-refractivity contribution is 0.0374. The molecule has 0 bridgehead atoms. The number of ether oxygens (including phenoxy) is 1. The van der Waals surface area contributed by atoms with Crippen molar-refractivity contribution in [2.24, 2.45) is 5.84 Å². The van der Waals surface area contributed by atoms with Crippen molar-refractivity contribution in [2.45, 2.75) is 6.42 Å². The number of nitrogens with one attached hydrogen (secondary N) is 2. The molecule has 1 aromatic rings. The van der Waals surface area contributed by atoms with E-state index in [4.69, 9.17) is 10.6 Å². The molecule has 0 aromatic carbocycles. The molecule has 0 atom stereocenters. The average Bonchev–Trinajstić information content (AvgIpc) is 2.52. The first kappa shape index (κ1) is 14.7. The topological polar surface area (TPSA) is 92.5 Å². The minimum absolute atomic E-state index is 0.106. The minimum atomic E-state index is -0.106. The van der Waals surface area contributed by atoms with E-state index in [1.165, 1.54) is 0 Å². The standard InChI is InChI=1S/C13H21N5O2/c14-17-12-10-11(2-4-15-12)13(19)16-3-1-5-18-6-8-20-9-7-18/h2,4,10H,1,3,5-9,14H2,(H,15,17)(H,16,19). The summed E-state index contributed by atoms with van der Waals surface area (Å²) in [6.07, 6.45) is 2.48. The third-order valence-electron chi connectivity index (χ3n) is 3.21. The van der Waals surface area contributed by atoms with E-state index in [1.54, 1.807) is 18.3 Å². The Bertz CT molecular complexity index is 435. The van der Waals surface area contributed by atoms with Crippen LogP contribution in [0.5, 0.6) is 0 Å². The first-order chi connectivity index (χ1) is 9.79. The van der Waals surface area contributed by atoms with Crippen LogP contribution < -0.4 is 16.6 Å². The smallest absolute Gasteiger partial charge is 0.251 e. The Balaban J connectivity index is 1.69. The Labute approximate surface area is 118 Å². The number of carbonyl (C=O) groups excluding carboxylic acids is 1. The quantitative estimate of drug-likeness (QED) is 0.380. The molecule has 7 nitrogen and oxygen atoms in total. The number of nitrogen functional groups attached to an aromatic ring is 1. The SMILES string of the molecule is NNc1cc(C(=O)NCCCN2CCOCC2)ccn1. The van der Waals surface area contributed by atoms with E-state index >= 15 is 0 Å². The Kier molecular flexibility index (Phi) is 5.72. The molecule has 4 N–H and O–H groups in total. The van der Waals surface area contributed by atoms with Gasteiger partial charge < -0.3 is 15.5 Å².